The van der Waals surface area contributed by atoms with Crippen molar-refractivity contribution in [3.05, 3.63) is 53.3 Å². The summed E-state index contributed by atoms with van der Waals surface area (Å²) >= 11 is 0. The molecule has 2 heterocycles. The Kier molecular flexibility index (Phi) is 3.10. The third kappa shape index (κ3) is 2.11. The average molecular weight is 269 g/mol. The lowest BCUT2D eigenvalue weighted by atomic mass is 10.1. The van der Waals surface area contributed by atoms with E-state index >= 15 is 0 Å². The smallest absolute Gasteiger partial charge is 0.261 e. The summed E-state index contributed by atoms with van der Waals surface area (Å²) in [7, 11) is 1.87. The third-order valence-electron chi connectivity index (χ3n) is 3.48. The maximum Gasteiger partial charge on any atom is 0.261 e. The summed E-state index contributed by atoms with van der Waals surface area (Å²) in [5, 5.41) is 4.10. The number of carbonyl (C=O) groups is 2. The Bertz CT molecular complexity index is 640. The standard InChI is InChI=1S/C15H15N3O2/c1-17-10-11(9-16-17)5-4-8-18-14(19)12-6-2-3-7-13(12)15(18)20/h2-3,6-7,9-10H,4-5,8H2,1H3. The van der Waals surface area contributed by atoms with Crippen molar-refractivity contribution in [2.75, 3.05) is 6.54 Å². The number of imide groups is 1. The van der Waals surface area contributed by atoms with Crippen molar-refractivity contribution >= 4 is 11.8 Å². The number of rotatable bonds is 4. The van der Waals surface area contributed by atoms with E-state index in [4.69, 9.17) is 0 Å². The second-order valence-electron chi connectivity index (χ2n) is 4.93. The van der Waals surface area contributed by atoms with Crippen molar-refractivity contribution in [2.24, 2.45) is 7.05 Å². The Labute approximate surface area is 116 Å². The van der Waals surface area contributed by atoms with E-state index in [9.17, 15) is 9.59 Å². The fourth-order valence-corrected chi connectivity index (χ4v) is 2.48. The first-order chi connectivity index (χ1) is 9.66. The zero-order valence-corrected chi connectivity index (χ0v) is 11.2. The Morgan fingerprint density at radius 1 is 1.10 bits per heavy atom. The molecule has 20 heavy (non-hydrogen) atoms. The van der Waals surface area contributed by atoms with E-state index in [1.807, 2.05) is 19.4 Å². The van der Waals surface area contributed by atoms with Gasteiger partial charge in [-0.3, -0.25) is 19.2 Å². The van der Waals surface area contributed by atoms with Gasteiger partial charge in [0.2, 0.25) is 0 Å². The lowest BCUT2D eigenvalue weighted by Gasteiger charge is -2.12. The molecule has 2 aromatic rings. The Balaban J connectivity index is 1.65. The summed E-state index contributed by atoms with van der Waals surface area (Å²) in [4.78, 5) is 25.6. The molecule has 1 aliphatic rings. The van der Waals surface area contributed by atoms with Crippen LogP contribution in [0.4, 0.5) is 0 Å². The van der Waals surface area contributed by atoms with Crippen LogP contribution in [0.15, 0.2) is 36.7 Å². The molecule has 0 aliphatic carbocycles. The molecule has 0 spiro atoms. The van der Waals surface area contributed by atoms with Crippen LogP contribution < -0.4 is 0 Å². The number of fused-ring (bicyclic) bond motifs is 1. The molecular formula is C15H15N3O2. The van der Waals surface area contributed by atoms with Gasteiger partial charge in [0.25, 0.3) is 11.8 Å². The molecule has 1 aromatic carbocycles. The summed E-state index contributed by atoms with van der Waals surface area (Å²) in [6.07, 6.45) is 5.31. The van der Waals surface area contributed by atoms with Crippen molar-refractivity contribution in [1.29, 1.82) is 0 Å². The van der Waals surface area contributed by atoms with Gasteiger partial charge in [0.1, 0.15) is 0 Å². The molecule has 0 fully saturated rings. The van der Waals surface area contributed by atoms with E-state index in [0.29, 0.717) is 17.7 Å². The van der Waals surface area contributed by atoms with Gasteiger partial charge in [0, 0.05) is 19.8 Å². The molecule has 0 bridgehead atoms. The number of carbonyl (C=O) groups excluding carboxylic acids is 2. The first kappa shape index (κ1) is 12.6. The van der Waals surface area contributed by atoms with Gasteiger partial charge in [0.05, 0.1) is 17.3 Å². The molecule has 1 aromatic heterocycles. The van der Waals surface area contributed by atoms with Gasteiger partial charge < -0.3 is 0 Å². The van der Waals surface area contributed by atoms with Crippen molar-refractivity contribution in [2.45, 2.75) is 12.8 Å². The quantitative estimate of drug-likeness (QED) is 0.793. The zero-order chi connectivity index (χ0) is 14.1. The summed E-state index contributed by atoms with van der Waals surface area (Å²) < 4.78 is 1.75. The van der Waals surface area contributed by atoms with Crippen molar-refractivity contribution in [3.63, 3.8) is 0 Å². The highest BCUT2D eigenvalue weighted by atomic mass is 16.2. The summed E-state index contributed by atoms with van der Waals surface area (Å²) in [6, 6.07) is 6.97. The van der Waals surface area contributed by atoms with Crippen LogP contribution >= 0.6 is 0 Å². The van der Waals surface area contributed by atoms with Gasteiger partial charge >= 0.3 is 0 Å². The number of aryl methyl sites for hydroxylation is 2. The number of hydrogen-bond donors (Lipinski definition) is 0. The van der Waals surface area contributed by atoms with Crippen molar-refractivity contribution < 1.29 is 9.59 Å². The Hall–Kier alpha value is -2.43. The molecule has 5 nitrogen and oxygen atoms in total. The topological polar surface area (TPSA) is 55.2 Å². The summed E-state index contributed by atoms with van der Waals surface area (Å²) in [6.45, 7) is 0.446. The zero-order valence-electron chi connectivity index (χ0n) is 11.2. The van der Waals surface area contributed by atoms with Gasteiger partial charge in [-0.15, -0.1) is 0 Å². The molecule has 0 saturated carbocycles. The molecule has 0 saturated heterocycles. The molecule has 5 heteroatoms. The van der Waals surface area contributed by atoms with E-state index in [1.54, 1.807) is 28.9 Å². The minimum Gasteiger partial charge on any atom is -0.276 e. The highest BCUT2D eigenvalue weighted by Gasteiger charge is 2.34. The van der Waals surface area contributed by atoms with Crippen LogP contribution in [0.25, 0.3) is 0 Å². The fraction of sp³-hybridized carbons (Fsp3) is 0.267. The largest absolute Gasteiger partial charge is 0.276 e. The molecule has 0 radical (unpaired) electrons. The van der Waals surface area contributed by atoms with Gasteiger partial charge in [-0.05, 0) is 30.5 Å². The van der Waals surface area contributed by atoms with Crippen LogP contribution in [0.2, 0.25) is 0 Å². The number of amides is 2. The van der Waals surface area contributed by atoms with Gasteiger partial charge in [-0.2, -0.15) is 5.10 Å². The third-order valence-corrected chi connectivity index (χ3v) is 3.48. The molecular weight excluding hydrogens is 254 g/mol. The van der Waals surface area contributed by atoms with Crippen molar-refractivity contribution in [1.82, 2.24) is 14.7 Å². The Morgan fingerprint density at radius 2 is 1.75 bits per heavy atom. The lowest BCUT2D eigenvalue weighted by Crippen LogP contribution is -2.30. The molecule has 0 N–H and O–H groups in total. The van der Waals surface area contributed by atoms with Crippen LogP contribution in [0.5, 0.6) is 0 Å². The fourth-order valence-electron chi connectivity index (χ4n) is 2.48. The van der Waals surface area contributed by atoms with Crippen LogP contribution in [0, 0.1) is 0 Å². The number of nitrogens with zero attached hydrogens (tertiary/aromatic N) is 3. The van der Waals surface area contributed by atoms with Crippen LogP contribution in [-0.2, 0) is 13.5 Å². The molecule has 0 atom stereocenters. The summed E-state index contributed by atoms with van der Waals surface area (Å²) in [5.41, 5.74) is 2.14. The Morgan fingerprint density at radius 3 is 2.30 bits per heavy atom. The molecule has 3 rings (SSSR count). The van der Waals surface area contributed by atoms with E-state index in [0.717, 1.165) is 18.4 Å². The predicted octanol–water partition coefficient (Wildman–Crippen LogP) is 1.65. The minimum absolute atomic E-state index is 0.184. The number of aromatic nitrogens is 2. The second kappa shape index (κ2) is 4.92. The van der Waals surface area contributed by atoms with Gasteiger partial charge in [-0.25, -0.2) is 0 Å². The number of hydrogen-bond acceptors (Lipinski definition) is 3. The monoisotopic (exact) mass is 269 g/mol. The highest BCUT2D eigenvalue weighted by Crippen LogP contribution is 2.22. The molecule has 1 aliphatic heterocycles. The van der Waals surface area contributed by atoms with E-state index in [1.165, 1.54) is 4.90 Å². The van der Waals surface area contributed by atoms with E-state index in [2.05, 4.69) is 5.10 Å². The first-order valence-electron chi connectivity index (χ1n) is 6.59. The van der Waals surface area contributed by atoms with Crippen LogP contribution in [0.3, 0.4) is 0 Å². The average Bonchev–Trinajstić information content (AvgIpc) is 2.97. The highest BCUT2D eigenvalue weighted by molar-refractivity contribution is 6.21. The lowest BCUT2D eigenvalue weighted by molar-refractivity contribution is 0.0652. The van der Waals surface area contributed by atoms with Crippen LogP contribution in [0.1, 0.15) is 32.7 Å². The molecule has 102 valence electrons. The molecule has 2 amide bonds. The van der Waals surface area contributed by atoms with Crippen molar-refractivity contribution in [3.8, 4) is 0 Å². The maximum absolute atomic E-state index is 12.1. The van der Waals surface area contributed by atoms with Gasteiger partial charge in [-0.1, -0.05) is 12.1 Å². The van der Waals surface area contributed by atoms with E-state index in [-0.39, 0.29) is 11.8 Å². The normalized spacial score (nSPS) is 13.9. The summed E-state index contributed by atoms with van der Waals surface area (Å²) in [5.74, 6) is -0.367. The number of benzene rings is 1. The second-order valence-corrected chi connectivity index (χ2v) is 4.93. The predicted molar refractivity (Wildman–Crippen MR) is 73.3 cm³/mol. The molecule has 0 unspecified atom stereocenters. The first-order valence-corrected chi connectivity index (χ1v) is 6.59. The SMILES string of the molecule is Cn1cc(CCCN2C(=O)c3ccccc3C2=O)cn1. The maximum atomic E-state index is 12.1. The minimum atomic E-state index is -0.184. The van der Waals surface area contributed by atoms with Gasteiger partial charge in [0.15, 0.2) is 0 Å². The van der Waals surface area contributed by atoms with Crippen LogP contribution in [-0.4, -0.2) is 33.0 Å². The van der Waals surface area contributed by atoms with E-state index < -0.39 is 0 Å².